The van der Waals surface area contributed by atoms with Gasteiger partial charge in [0.15, 0.2) is 0 Å². The first-order chi connectivity index (χ1) is 9.90. The van der Waals surface area contributed by atoms with Crippen molar-refractivity contribution in [2.45, 2.75) is 37.0 Å². The normalized spacial score (nSPS) is 13.3. The molecule has 0 heterocycles. The lowest BCUT2D eigenvalue weighted by Crippen LogP contribution is -2.27. The van der Waals surface area contributed by atoms with Gasteiger partial charge in [0.2, 0.25) is 10.0 Å². The summed E-state index contributed by atoms with van der Waals surface area (Å²) in [5.41, 5.74) is 0.956. The van der Waals surface area contributed by atoms with Crippen molar-refractivity contribution in [1.82, 2.24) is 10.0 Å². The van der Waals surface area contributed by atoms with E-state index in [4.69, 9.17) is 0 Å². The van der Waals surface area contributed by atoms with Crippen molar-refractivity contribution in [2.24, 2.45) is 0 Å². The van der Waals surface area contributed by atoms with Crippen LogP contribution in [0.1, 0.15) is 25.8 Å². The quantitative estimate of drug-likeness (QED) is 0.675. The summed E-state index contributed by atoms with van der Waals surface area (Å²) < 4.78 is 28.0. The number of sulfonamides is 1. The van der Waals surface area contributed by atoms with Crippen LogP contribution in [0.5, 0.6) is 0 Å². The molecule has 0 aliphatic rings. The highest BCUT2D eigenvalue weighted by atomic mass is 79.9. The zero-order valence-corrected chi connectivity index (χ0v) is 15.9. The van der Waals surface area contributed by atoms with Crippen LogP contribution in [0, 0.1) is 0 Å². The largest absolute Gasteiger partial charge is 0.313 e. The molecular formula is C14H23BrN2O2S2. The predicted octanol–water partition coefficient (Wildman–Crippen LogP) is 2.98. The molecule has 0 aliphatic heterocycles. The number of nitrogens with one attached hydrogen (secondary N) is 2. The SMILES string of the molecule is CCNCc1ccc(Br)c(S(=O)(=O)NCCC(C)SC)c1. The Morgan fingerprint density at radius 3 is 2.71 bits per heavy atom. The molecule has 0 spiro atoms. The summed E-state index contributed by atoms with van der Waals surface area (Å²) in [5, 5.41) is 3.64. The van der Waals surface area contributed by atoms with E-state index in [9.17, 15) is 8.42 Å². The fraction of sp³-hybridized carbons (Fsp3) is 0.571. The van der Waals surface area contributed by atoms with Gasteiger partial charge in [-0.05, 0) is 52.8 Å². The van der Waals surface area contributed by atoms with Crippen LogP contribution in [0.3, 0.4) is 0 Å². The first kappa shape index (κ1) is 19.0. The summed E-state index contributed by atoms with van der Waals surface area (Å²) in [6.45, 7) is 6.07. The number of hydrogen-bond acceptors (Lipinski definition) is 4. The summed E-state index contributed by atoms with van der Waals surface area (Å²) in [7, 11) is -3.48. The lowest BCUT2D eigenvalue weighted by atomic mass is 10.2. The highest BCUT2D eigenvalue weighted by molar-refractivity contribution is 9.10. The molecule has 0 saturated heterocycles. The van der Waals surface area contributed by atoms with E-state index in [-0.39, 0.29) is 0 Å². The Morgan fingerprint density at radius 2 is 2.10 bits per heavy atom. The lowest BCUT2D eigenvalue weighted by molar-refractivity contribution is 0.578. The first-order valence-corrected chi connectivity index (χ1v) is 10.5. The van der Waals surface area contributed by atoms with Crippen LogP contribution in [0.15, 0.2) is 27.6 Å². The second kappa shape index (κ2) is 9.15. The number of halogens is 1. The Labute approximate surface area is 140 Å². The molecule has 1 aromatic rings. The van der Waals surface area contributed by atoms with Crippen LogP contribution in [-0.2, 0) is 16.6 Å². The van der Waals surface area contributed by atoms with Crippen molar-refractivity contribution < 1.29 is 8.42 Å². The van der Waals surface area contributed by atoms with Crippen LogP contribution in [0.25, 0.3) is 0 Å². The molecule has 0 bridgehead atoms. The zero-order valence-electron chi connectivity index (χ0n) is 12.6. The van der Waals surface area contributed by atoms with Crippen LogP contribution in [0.4, 0.5) is 0 Å². The second-order valence-electron chi connectivity index (χ2n) is 4.78. The van der Waals surface area contributed by atoms with Crippen LogP contribution in [-0.4, -0.2) is 33.0 Å². The maximum atomic E-state index is 12.4. The first-order valence-electron chi connectivity index (χ1n) is 6.92. The zero-order chi connectivity index (χ0) is 15.9. The van der Waals surface area contributed by atoms with Gasteiger partial charge in [-0.1, -0.05) is 19.9 Å². The van der Waals surface area contributed by atoms with E-state index in [0.717, 1.165) is 18.5 Å². The van der Waals surface area contributed by atoms with Crippen molar-refractivity contribution in [3.05, 3.63) is 28.2 Å². The van der Waals surface area contributed by atoms with Gasteiger partial charge in [0.05, 0.1) is 4.90 Å². The van der Waals surface area contributed by atoms with Gasteiger partial charge in [0, 0.05) is 22.8 Å². The van der Waals surface area contributed by atoms with Gasteiger partial charge in [-0.25, -0.2) is 13.1 Å². The van der Waals surface area contributed by atoms with Crippen LogP contribution < -0.4 is 10.0 Å². The Bertz CT molecular complexity index is 550. The Morgan fingerprint density at radius 1 is 1.38 bits per heavy atom. The fourth-order valence-electron chi connectivity index (χ4n) is 1.73. The summed E-state index contributed by atoms with van der Waals surface area (Å²) in [5.74, 6) is 0. The summed E-state index contributed by atoms with van der Waals surface area (Å²) in [6, 6.07) is 5.42. The minimum Gasteiger partial charge on any atom is -0.313 e. The van der Waals surface area contributed by atoms with E-state index in [1.54, 1.807) is 23.9 Å². The molecule has 0 saturated carbocycles. The highest BCUT2D eigenvalue weighted by Crippen LogP contribution is 2.23. The van der Waals surface area contributed by atoms with Crippen molar-refractivity contribution in [2.75, 3.05) is 19.3 Å². The van der Waals surface area contributed by atoms with Crippen LogP contribution in [0.2, 0.25) is 0 Å². The average Bonchev–Trinajstić information content (AvgIpc) is 2.45. The van der Waals surface area contributed by atoms with Gasteiger partial charge in [-0.15, -0.1) is 0 Å². The molecule has 1 atom stereocenters. The second-order valence-corrected chi connectivity index (χ2v) is 8.64. The van der Waals surface area contributed by atoms with Crippen molar-refractivity contribution in [3.63, 3.8) is 0 Å². The minimum atomic E-state index is -3.48. The monoisotopic (exact) mass is 394 g/mol. The topological polar surface area (TPSA) is 58.2 Å². The molecule has 7 heteroatoms. The van der Waals surface area contributed by atoms with Crippen molar-refractivity contribution in [1.29, 1.82) is 0 Å². The van der Waals surface area contributed by atoms with Gasteiger partial charge < -0.3 is 5.32 Å². The summed E-state index contributed by atoms with van der Waals surface area (Å²) >= 11 is 5.06. The summed E-state index contributed by atoms with van der Waals surface area (Å²) in [4.78, 5) is 0.301. The molecule has 21 heavy (non-hydrogen) atoms. The third-order valence-corrected chi connectivity index (χ3v) is 6.60. The Balaban J connectivity index is 2.81. The molecule has 1 rings (SSSR count). The molecule has 0 fully saturated rings. The van der Waals surface area contributed by atoms with Gasteiger partial charge in [0.25, 0.3) is 0 Å². The van der Waals surface area contributed by atoms with Crippen molar-refractivity contribution in [3.8, 4) is 0 Å². The van der Waals surface area contributed by atoms with E-state index in [1.807, 2.05) is 19.2 Å². The minimum absolute atomic E-state index is 0.301. The predicted molar refractivity (Wildman–Crippen MR) is 94.3 cm³/mol. The van der Waals surface area contributed by atoms with E-state index in [1.165, 1.54) is 0 Å². The smallest absolute Gasteiger partial charge is 0.241 e. The molecule has 1 aromatic carbocycles. The maximum Gasteiger partial charge on any atom is 0.241 e. The molecule has 0 amide bonds. The molecule has 2 N–H and O–H groups in total. The third-order valence-electron chi connectivity index (χ3n) is 3.11. The van der Waals surface area contributed by atoms with Crippen LogP contribution >= 0.6 is 27.7 Å². The van der Waals surface area contributed by atoms with Gasteiger partial charge in [0.1, 0.15) is 0 Å². The highest BCUT2D eigenvalue weighted by Gasteiger charge is 2.18. The Kier molecular flexibility index (Phi) is 8.26. The molecule has 0 aliphatic carbocycles. The summed E-state index contributed by atoms with van der Waals surface area (Å²) in [6.07, 6.45) is 2.84. The number of rotatable bonds is 9. The molecule has 0 aromatic heterocycles. The van der Waals surface area contributed by atoms with Gasteiger partial charge in [-0.3, -0.25) is 0 Å². The molecule has 1 unspecified atom stereocenters. The van der Waals surface area contributed by atoms with E-state index >= 15 is 0 Å². The van der Waals surface area contributed by atoms with E-state index in [2.05, 4.69) is 32.9 Å². The lowest BCUT2D eigenvalue weighted by Gasteiger charge is -2.12. The van der Waals surface area contributed by atoms with Gasteiger partial charge in [-0.2, -0.15) is 11.8 Å². The Hall–Kier alpha value is -0.0800. The third kappa shape index (κ3) is 6.28. The number of hydrogen-bond donors (Lipinski definition) is 2. The average molecular weight is 395 g/mol. The number of benzene rings is 1. The molecule has 0 radical (unpaired) electrons. The van der Waals surface area contributed by atoms with Gasteiger partial charge >= 0.3 is 0 Å². The standard InChI is InChI=1S/C14H23BrN2O2S2/c1-4-16-10-12-5-6-13(15)14(9-12)21(18,19)17-8-7-11(2)20-3/h5-6,9,11,16-17H,4,7-8,10H2,1-3H3. The van der Waals surface area contributed by atoms with E-state index < -0.39 is 10.0 Å². The molecular weight excluding hydrogens is 372 g/mol. The molecule has 4 nitrogen and oxygen atoms in total. The molecule has 120 valence electrons. The van der Waals surface area contributed by atoms with E-state index in [0.29, 0.717) is 27.7 Å². The maximum absolute atomic E-state index is 12.4. The van der Waals surface area contributed by atoms with Crippen molar-refractivity contribution >= 4 is 37.7 Å². The number of thioether (sulfide) groups is 1. The fourth-order valence-corrected chi connectivity index (χ4v) is 4.14.